The van der Waals surface area contributed by atoms with E-state index in [4.69, 9.17) is 0 Å². The van der Waals surface area contributed by atoms with Crippen molar-refractivity contribution in [1.82, 2.24) is 0 Å². The Morgan fingerprint density at radius 2 is 1.74 bits per heavy atom. The SMILES string of the molecule is C=C/C(=C\C)c1cc(CC(C)C(C)(C)C)c(/C(C)=C/C(=C)/C(=C\C)C(=C)C#N)cc1C. The summed E-state index contributed by atoms with van der Waals surface area (Å²) in [4.78, 5) is 0. The van der Waals surface area contributed by atoms with Gasteiger partial charge in [-0.15, -0.1) is 0 Å². The first kappa shape index (κ1) is 26.2. The maximum absolute atomic E-state index is 9.26. The Labute approximate surface area is 190 Å². The molecule has 31 heavy (non-hydrogen) atoms. The van der Waals surface area contributed by atoms with Gasteiger partial charge in [0.25, 0.3) is 0 Å². The quantitative estimate of drug-likeness (QED) is 0.308. The summed E-state index contributed by atoms with van der Waals surface area (Å²) in [6.07, 6.45) is 9.00. The third-order valence-electron chi connectivity index (χ3n) is 6.21. The molecule has 0 amide bonds. The molecule has 1 aromatic rings. The maximum Gasteiger partial charge on any atom is 0.0991 e. The van der Waals surface area contributed by atoms with Crippen LogP contribution in [0.3, 0.4) is 0 Å². The minimum absolute atomic E-state index is 0.216. The first-order valence-corrected chi connectivity index (χ1v) is 11.0. The highest BCUT2D eigenvalue weighted by atomic mass is 14.3. The molecule has 0 fully saturated rings. The Morgan fingerprint density at radius 1 is 1.13 bits per heavy atom. The first-order valence-electron chi connectivity index (χ1n) is 11.0. The molecule has 0 heterocycles. The number of benzene rings is 1. The van der Waals surface area contributed by atoms with E-state index in [0.717, 1.165) is 28.7 Å². The van der Waals surface area contributed by atoms with Gasteiger partial charge in [0.15, 0.2) is 0 Å². The number of hydrogen-bond acceptors (Lipinski definition) is 1. The third-order valence-corrected chi connectivity index (χ3v) is 6.21. The molecule has 0 radical (unpaired) electrons. The normalized spacial score (nSPS) is 14.1. The second-order valence-corrected chi connectivity index (χ2v) is 9.39. The van der Waals surface area contributed by atoms with Crippen molar-refractivity contribution in [1.29, 1.82) is 5.26 Å². The average molecular weight is 414 g/mol. The van der Waals surface area contributed by atoms with E-state index in [1.54, 1.807) is 0 Å². The van der Waals surface area contributed by atoms with Crippen molar-refractivity contribution in [3.63, 3.8) is 0 Å². The van der Waals surface area contributed by atoms with Gasteiger partial charge in [-0.1, -0.05) is 83.9 Å². The predicted octanol–water partition coefficient (Wildman–Crippen LogP) is 8.79. The fraction of sp³-hybridized carbons (Fsp3) is 0.367. The lowest BCUT2D eigenvalue weighted by Crippen LogP contribution is -2.20. The zero-order chi connectivity index (χ0) is 23.9. The van der Waals surface area contributed by atoms with Crippen LogP contribution in [-0.2, 0) is 6.42 Å². The van der Waals surface area contributed by atoms with Crippen molar-refractivity contribution in [2.24, 2.45) is 11.3 Å². The van der Waals surface area contributed by atoms with E-state index >= 15 is 0 Å². The van der Waals surface area contributed by atoms with E-state index in [0.29, 0.717) is 11.5 Å². The molecule has 0 aliphatic rings. The van der Waals surface area contributed by atoms with E-state index in [1.807, 2.05) is 19.1 Å². The molecule has 1 aromatic carbocycles. The second kappa shape index (κ2) is 11.0. The Balaban J connectivity index is 3.65. The molecule has 0 aromatic heterocycles. The van der Waals surface area contributed by atoms with Crippen LogP contribution >= 0.6 is 0 Å². The Morgan fingerprint density at radius 3 is 2.19 bits per heavy atom. The lowest BCUT2D eigenvalue weighted by molar-refractivity contribution is 0.260. The largest absolute Gasteiger partial charge is 0.192 e. The monoisotopic (exact) mass is 413 g/mol. The molecule has 164 valence electrons. The van der Waals surface area contributed by atoms with Gasteiger partial charge in [0.05, 0.1) is 11.6 Å². The summed E-state index contributed by atoms with van der Waals surface area (Å²) in [5.41, 5.74) is 9.57. The van der Waals surface area contributed by atoms with Crippen molar-refractivity contribution < 1.29 is 0 Å². The lowest BCUT2D eigenvalue weighted by Gasteiger charge is -2.29. The second-order valence-electron chi connectivity index (χ2n) is 9.39. The summed E-state index contributed by atoms with van der Waals surface area (Å²) in [6.45, 7) is 29.5. The van der Waals surface area contributed by atoms with Crippen LogP contribution in [0.4, 0.5) is 0 Å². The zero-order valence-corrected chi connectivity index (χ0v) is 20.8. The van der Waals surface area contributed by atoms with Crippen LogP contribution in [0.5, 0.6) is 0 Å². The molecule has 0 bridgehead atoms. The molecule has 0 saturated heterocycles. The Kier molecular flexibility index (Phi) is 9.26. The highest BCUT2D eigenvalue weighted by Crippen LogP contribution is 2.34. The summed E-state index contributed by atoms with van der Waals surface area (Å²) >= 11 is 0. The number of aryl methyl sites for hydroxylation is 1. The van der Waals surface area contributed by atoms with Crippen molar-refractivity contribution in [3.8, 4) is 6.07 Å². The molecular weight excluding hydrogens is 374 g/mol. The standard InChI is InChI=1S/C30H39N/c1-12-25(13-2)29-18-26(17-24(8)30(9,10)11)28(16-22(29)6)21(5)15-20(4)27(14-3)23(7)19-31/h12-16,18,24H,1,4,7,17H2,2-3,5-6,8-11H3/b21-15+,25-13+,27-14+. The van der Waals surface area contributed by atoms with E-state index in [2.05, 4.69) is 98.6 Å². The molecule has 1 rings (SSSR count). The predicted molar refractivity (Wildman–Crippen MR) is 139 cm³/mol. The third kappa shape index (κ3) is 6.56. The molecule has 0 N–H and O–H groups in total. The summed E-state index contributed by atoms with van der Waals surface area (Å²) in [6, 6.07) is 6.74. The van der Waals surface area contributed by atoms with Gasteiger partial charge in [-0.25, -0.2) is 0 Å². The van der Waals surface area contributed by atoms with E-state index in [1.165, 1.54) is 22.3 Å². The van der Waals surface area contributed by atoms with Gasteiger partial charge in [-0.05, 0) is 90.0 Å². The minimum Gasteiger partial charge on any atom is -0.192 e. The van der Waals surface area contributed by atoms with Crippen LogP contribution in [-0.4, -0.2) is 0 Å². The number of allylic oxidation sites excluding steroid dienone is 9. The van der Waals surface area contributed by atoms with Gasteiger partial charge in [-0.2, -0.15) is 5.26 Å². The molecular formula is C30H39N. The number of rotatable bonds is 8. The van der Waals surface area contributed by atoms with Crippen LogP contribution in [0.1, 0.15) is 70.7 Å². The molecule has 0 saturated carbocycles. The highest BCUT2D eigenvalue weighted by molar-refractivity contribution is 5.79. The molecule has 0 aliphatic carbocycles. The average Bonchev–Trinajstić information content (AvgIpc) is 2.70. The van der Waals surface area contributed by atoms with Crippen LogP contribution in [0.15, 0.2) is 72.9 Å². The minimum atomic E-state index is 0.216. The fourth-order valence-electron chi connectivity index (χ4n) is 3.65. The fourth-order valence-corrected chi connectivity index (χ4v) is 3.65. The van der Waals surface area contributed by atoms with Crippen LogP contribution in [0.25, 0.3) is 11.1 Å². The lowest BCUT2D eigenvalue weighted by atomic mass is 9.76. The van der Waals surface area contributed by atoms with Crippen molar-refractivity contribution >= 4 is 11.1 Å². The Hall–Kier alpha value is -2.85. The van der Waals surface area contributed by atoms with Gasteiger partial charge in [-0.3, -0.25) is 0 Å². The van der Waals surface area contributed by atoms with Crippen LogP contribution in [0.2, 0.25) is 0 Å². The topological polar surface area (TPSA) is 23.8 Å². The molecule has 0 aliphatic heterocycles. The highest BCUT2D eigenvalue weighted by Gasteiger charge is 2.22. The van der Waals surface area contributed by atoms with Crippen LogP contribution < -0.4 is 0 Å². The van der Waals surface area contributed by atoms with E-state index in [-0.39, 0.29) is 5.41 Å². The van der Waals surface area contributed by atoms with Crippen molar-refractivity contribution in [3.05, 3.63) is 95.1 Å². The molecule has 0 spiro atoms. The zero-order valence-electron chi connectivity index (χ0n) is 20.8. The summed E-state index contributed by atoms with van der Waals surface area (Å²) in [5.74, 6) is 0.514. The Bertz CT molecular complexity index is 994. The van der Waals surface area contributed by atoms with Gasteiger partial charge in [0.1, 0.15) is 0 Å². The van der Waals surface area contributed by atoms with Gasteiger partial charge in [0.2, 0.25) is 0 Å². The van der Waals surface area contributed by atoms with E-state index in [9.17, 15) is 5.26 Å². The summed E-state index contributed by atoms with van der Waals surface area (Å²) < 4.78 is 0. The van der Waals surface area contributed by atoms with Gasteiger partial charge in [0, 0.05) is 0 Å². The summed E-state index contributed by atoms with van der Waals surface area (Å²) in [7, 11) is 0. The van der Waals surface area contributed by atoms with E-state index < -0.39 is 0 Å². The summed E-state index contributed by atoms with van der Waals surface area (Å²) in [5, 5.41) is 9.26. The van der Waals surface area contributed by atoms with Crippen molar-refractivity contribution in [2.45, 2.75) is 61.8 Å². The van der Waals surface area contributed by atoms with Gasteiger partial charge < -0.3 is 0 Å². The van der Waals surface area contributed by atoms with Gasteiger partial charge >= 0.3 is 0 Å². The maximum atomic E-state index is 9.26. The number of hydrogen-bond donors (Lipinski definition) is 0. The molecule has 1 nitrogen and oxygen atoms in total. The first-order chi connectivity index (χ1) is 14.4. The molecule has 1 heteroatoms. The molecule has 1 atom stereocenters. The van der Waals surface area contributed by atoms with Crippen molar-refractivity contribution in [2.75, 3.05) is 0 Å². The number of nitriles is 1. The van der Waals surface area contributed by atoms with Crippen LogP contribution in [0, 0.1) is 29.6 Å². The number of nitrogens with zero attached hydrogens (tertiary/aromatic N) is 1. The smallest absolute Gasteiger partial charge is 0.0991 e. The molecule has 1 unspecified atom stereocenters.